The Kier molecular flexibility index (Phi) is 7.69. The van der Waals surface area contributed by atoms with Gasteiger partial charge in [0.15, 0.2) is 0 Å². The average Bonchev–Trinajstić information content (AvgIpc) is 2.63. The van der Waals surface area contributed by atoms with Crippen LogP contribution in [0.2, 0.25) is 5.02 Å². The number of para-hydroxylation sites is 1. The fourth-order valence-electron chi connectivity index (χ4n) is 2.05. The molecule has 0 atom stereocenters. The molecule has 0 radical (unpaired) electrons. The number of hydrogen-bond acceptors (Lipinski definition) is 4. The molecule has 0 spiro atoms. The lowest BCUT2D eigenvalue weighted by molar-refractivity contribution is -0.116. The molecule has 0 fully saturated rings. The maximum atomic E-state index is 12.2. The Morgan fingerprint density at radius 2 is 1.70 bits per heavy atom. The Morgan fingerprint density at radius 1 is 1.04 bits per heavy atom. The Morgan fingerprint density at radius 3 is 2.37 bits per heavy atom. The van der Waals surface area contributed by atoms with Gasteiger partial charge >= 0.3 is 0 Å². The minimum Gasteiger partial charge on any atom is -0.352 e. The van der Waals surface area contributed by atoms with Crippen LogP contribution in [0.1, 0.15) is 16.8 Å². The number of carbonyl (C=O) groups is 3. The fourth-order valence-corrected chi connectivity index (χ4v) is 2.92. The van der Waals surface area contributed by atoms with E-state index in [9.17, 15) is 14.4 Å². The first-order valence-electron chi connectivity index (χ1n) is 8.18. The Labute approximate surface area is 167 Å². The summed E-state index contributed by atoms with van der Waals surface area (Å²) in [7, 11) is 3.33. The molecule has 2 aromatic carbocycles. The van der Waals surface area contributed by atoms with Gasteiger partial charge in [-0.1, -0.05) is 23.7 Å². The van der Waals surface area contributed by atoms with Crippen molar-refractivity contribution in [2.45, 2.75) is 11.3 Å². The van der Waals surface area contributed by atoms with Crippen molar-refractivity contribution in [2.24, 2.45) is 0 Å². The number of thioether (sulfide) groups is 1. The van der Waals surface area contributed by atoms with Crippen molar-refractivity contribution in [3.8, 4) is 0 Å². The zero-order valence-electron chi connectivity index (χ0n) is 15.0. The lowest BCUT2D eigenvalue weighted by Gasteiger charge is -2.13. The highest BCUT2D eigenvalue weighted by Gasteiger charge is 2.13. The van der Waals surface area contributed by atoms with Crippen molar-refractivity contribution in [3.05, 3.63) is 59.1 Å². The normalized spacial score (nSPS) is 10.2. The molecule has 0 heterocycles. The number of nitrogens with zero attached hydrogens (tertiary/aromatic N) is 1. The van der Waals surface area contributed by atoms with Crippen molar-refractivity contribution in [3.63, 3.8) is 0 Å². The maximum absolute atomic E-state index is 12.2. The van der Waals surface area contributed by atoms with Crippen LogP contribution in [-0.4, -0.2) is 42.6 Å². The second kappa shape index (κ2) is 9.99. The van der Waals surface area contributed by atoms with E-state index in [0.29, 0.717) is 21.2 Å². The quantitative estimate of drug-likeness (QED) is 0.715. The molecule has 3 amide bonds. The lowest BCUT2D eigenvalue weighted by atomic mass is 10.2. The van der Waals surface area contributed by atoms with Gasteiger partial charge in [0.25, 0.3) is 11.1 Å². The summed E-state index contributed by atoms with van der Waals surface area (Å²) in [5.41, 5.74) is 1.04. The molecule has 0 aliphatic heterocycles. The topological polar surface area (TPSA) is 78.5 Å². The van der Waals surface area contributed by atoms with E-state index in [0.717, 1.165) is 11.8 Å². The number of anilines is 1. The number of amides is 3. The number of carbonyl (C=O) groups excluding carboxylic acids is 3. The van der Waals surface area contributed by atoms with Crippen LogP contribution in [-0.2, 0) is 4.79 Å². The van der Waals surface area contributed by atoms with Crippen LogP contribution >= 0.6 is 23.4 Å². The molecule has 0 aromatic heterocycles. The molecule has 0 bridgehead atoms. The summed E-state index contributed by atoms with van der Waals surface area (Å²) in [6.45, 7) is 0.194. The van der Waals surface area contributed by atoms with Gasteiger partial charge in [0.1, 0.15) is 0 Å². The van der Waals surface area contributed by atoms with Crippen LogP contribution in [0, 0.1) is 0 Å². The van der Waals surface area contributed by atoms with Gasteiger partial charge in [-0.3, -0.25) is 14.4 Å². The second-order valence-electron chi connectivity index (χ2n) is 5.82. The van der Waals surface area contributed by atoms with Crippen LogP contribution in [0.15, 0.2) is 53.4 Å². The Bertz CT molecular complexity index is 825. The summed E-state index contributed by atoms with van der Waals surface area (Å²) < 4.78 is 0. The van der Waals surface area contributed by atoms with E-state index in [1.807, 2.05) is 0 Å². The summed E-state index contributed by atoms with van der Waals surface area (Å²) in [5, 5.41) is 5.88. The highest BCUT2D eigenvalue weighted by Crippen LogP contribution is 2.28. The summed E-state index contributed by atoms with van der Waals surface area (Å²) in [6, 6.07) is 13.6. The first kappa shape index (κ1) is 20.8. The van der Waals surface area contributed by atoms with Gasteiger partial charge in [-0.25, -0.2) is 0 Å². The third-order valence-corrected chi connectivity index (χ3v) is 4.84. The van der Waals surface area contributed by atoms with Crippen LogP contribution in [0.3, 0.4) is 0 Å². The van der Waals surface area contributed by atoms with E-state index in [-0.39, 0.29) is 30.0 Å². The van der Waals surface area contributed by atoms with Gasteiger partial charge in [-0.05, 0) is 48.2 Å². The fraction of sp³-hybridized carbons (Fsp3) is 0.211. The third kappa shape index (κ3) is 6.62. The lowest BCUT2D eigenvalue weighted by Crippen LogP contribution is -2.27. The molecular weight excluding hydrogens is 386 g/mol. The summed E-state index contributed by atoms with van der Waals surface area (Å²) in [5.74, 6) is -0.524. The molecule has 8 heteroatoms. The first-order chi connectivity index (χ1) is 12.9. The Hall–Kier alpha value is -2.51. The van der Waals surface area contributed by atoms with E-state index in [1.165, 1.54) is 4.90 Å². The monoisotopic (exact) mass is 405 g/mol. The minimum atomic E-state index is -0.271. The summed E-state index contributed by atoms with van der Waals surface area (Å²) in [6.07, 6.45) is 0.111. The van der Waals surface area contributed by atoms with Gasteiger partial charge in [0.2, 0.25) is 5.91 Å². The second-order valence-corrected chi connectivity index (χ2v) is 7.25. The molecule has 0 saturated carbocycles. The van der Waals surface area contributed by atoms with Gasteiger partial charge in [0, 0.05) is 42.5 Å². The van der Waals surface area contributed by atoms with Crippen molar-refractivity contribution in [1.82, 2.24) is 10.2 Å². The molecule has 0 saturated heterocycles. The number of nitrogens with one attached hydrogen (secondary N) is 2. The molecule has 0 aliphatic carbocycles. The molecule has 0 unspecified atom stereocenters. The molecule has 2 aromatic rings. The van der Waals surface area contributed by atoms with Crippen molar-refractivity contribution >= 4 is 46.1 Å². The molecule has 6 nitrogen and oxygen atoms in total. The maximum Gasteiger partial charge on any atom is 0.286 e. The summed E-state index contributed by atoms with van der Waals surface area (Å²) in [4.78, 5) is 38.2. The minimum absolute atomic E-state index is 0.111. The van der Waals surface area contributed by atoms with Crippen LogP contribution < -0.4 is 10.6 Å². The molecule has 2 rings (SSSR count). The Balaban J connectivity index is 1.86. The van der Waals surface area contributed by atoms with Crippen molar-refractivity contribution < 1.29 is 14.4 Å². The third-order valence-electron chi connectivity index (χ3n) is 3.47. The number of hydrogen-bond donors (Lipinski definition) is 2. The predicted octanol–water partition coefficient (Wildman–Crippen LogP) is 3.87. The molecular formula is C19H20ClN3O3S. The molecule has 27 heavy (non-hydrogen) atoms. The van der Waals surface area contributed by atoms with Gasteiger partial charge in [-0.15, -0.1) is 0 Å². The van der Waals surface area contributed by atoms with Crippen molar-refractivity contribution in [2.75, 3.05) is 26.0 Å². The molecule has 2 N–H and O–H groups in total. The van der Waals surface area contributed by atoms with E-state index >= 15 is 0 Å². The number of benzene rings is 2. The van der Waals surface area contributed by atoms with E-state index in [2.05, 4.69) is 10.6 Å². The van der Waals surface area contributed by atoms with Gasteiger partial charge in [0.05, 0.1) is 5.69 Å². The van der Waals surface area contributed by atoms with E-state index < -0.39 is 0 Å². The van der Waals surface area contributed by atoms with E-state index in [1.54, 1.807) is 62.6 Å². The first-order valence-corrected chi connectivity index (χ1v) is 9.38. The van der Waals surface area contributed by atoms with Gasteiger partial charge < -0.3 is 15.5 Å². The smallest absolute Gasteiger partial charge is 0.286 e. The highest BCUT2D eigenvalue weighted by molar-refractivity contribution is 8.13. The number of halogens is 1. The highest BCUT2D eigenvalue weighted by atomic mass is 35.5. The van der Waals surface area contributed by atoms with Crippen LogP contribution in [0.5, 0.6) is 0 Å². The predicted molar refractivity (Wildman–Crippen MR) is 108 cm³/mol. The van der Waals surface area contributed by atoms with Crippen LogP contribution in [0.4, 0.5) is 10.5 Å². The zero-order valence-corrected chi connectivity index (χ0v) is 16.6. The molecule has 142 valence electrons. The number of rotatable bonds is 6. The zero-order chi connectivity index (χ0) is 19.8. The largest absolute Gasteiger partial charge is 0.352 e. The van der Waals surface area contributed by atoms with Crippen LogP contribution in [0.25, 0.3) is 0 Å². The average molecular weight is 406 g/mol. The summed E-state index contributed by atoms with van der Waals surface area (Å²) >= 11 is 6.83. The van der Waals surface area contributed by atoms with E-state index in [4.69, 9.17) is 11.6 Å². The van der Waals surface area contributed by atoms with Gasteiger partial charge in [-0.2, -0.15) is 0 Å². The standard InChI is InChI=1S/C19H20ClN3O3S/c1-23(2)19(26)27-16-6-4-3-5-15(16)22-17(24)11-12-21-18(25)13-7-9-14(20)10-8-13/h3-10H,11-12H2,1-2H3,(H,21,25)(H,22,24). The molecule has 0 aliphatic rings. The SMILES string of the molecule is CN(C)C(=O)Sc1ccccc1NC(=O)CCNC(=O)c1ccc(Cl)cc1. The van der Waals surface area contributed by atoms with Crippen molar-refractivity contribution in [1.29, 1.82) is 0 Å².